The molecule has 1 aromatic rings. The van der Waals surface area contributed by atoms with E-state index in [1.54, 1.807) is 18.0 Å². The van der Waals surface area contributed by atoms with Gasteiger partial charge in [-0.05, 0) is 0 Å². The SMILES string of the molecule is COCCNCCNC(=O)c1cscn1.Cl.Cl. The summed E-state index contributed by atoms with van der Waals surface area (Å²) >= 11 is 1.41. The van der Waals surface area contributed by atoms with Crippen LogP contribution in [0.15, 0.2) is 10.9 Å². The third kappa shape index (κ3) is 8.34. The lowest BCUT2D eigenvalue weighted by atomic mass is 10.4. The normalized spacial score (nSPS) is 9.00. The average molecular weight is 302 g/mol. The lowest BCUT2D eigenvalue weighted by Crippen LogP contribution is -2.33. The minimum absolute atomic E-state index is 0. The molecule has 0 saturated heterocycles. The van der Waals surface area contributed by atoms with Crippen LogP contribution < -0.4 is 10.6 Å². The number of hydrogen-bond donors (Lipinski definition) is 2. The summed E-state index contributed by atoms with van der Waals surface area (Å²) in [7, 11) is 1.66. The van der Waals surface area contributed by atoms with E-state index in [1.807, 2.05) is 0 Å². The summed E-state index contributed by atoms with van der Waals surface area (Å²) in [5.74, 6) is -0.121. The molecule has 0 saturated carbocycles. The molecule has 0 unspecified atom stereocenters. The van der Waals surface area contributed by atoms with E-state index in [4.69, 9.17) is 4.74 Å². The quantitative estimate of drug-likeness (QED) is 0.736. The van der Waals surface area contributed by atoms with E-state index >= 15 is 0 Å². The van der Waals surface area contributed by atoms with E-state index < -0.39 is 0 Å². The van der Waals surface area contributed by atoms with E-state index in [2.05, 4.69) is 15.6 Å². The molecule has 5 nitrogen and oxygen atoms in total. The zero-order chi connectivity index (χ0) is 10.9. The van der Waals surface area contributed by atoms with E-state index in [9.17, 15) is 4.79 Å². The molecular weight excluding hydrogens is 285 g/mol. The number of methoxy groups -OCH3 is 1. The topological polar surface area (TPSA) is 63.2 Å². The van der Waals surface area contributed by atoms with Gasteiger partial charge in [0.15, 0.2) is 0 Å². The molecule has 0 aromatic carbocycles. The highest BCUT2D eigenvalue weighted by molar-refractivity contribution is 7.07. The number of thiazole rings is 1. The van der Waals surface area contributed by atoms with Crippen molar-refractivity contribution in [1.29, 1.82) is 0 Å². The number of nitrogens with one attached hydrogen (secondary N) is 2. The molecule has 1 rings (SSSR count). The molecule has 0 bridgehead atoms. The summed E-state index contributed by atoms with van der Waals surface area (Å²) in [6.45, 7) is 2.81. The molecule has 17 heavy (non-hydrogen) atoms. The predicted octanol–water partition coefficient (Wildman–Crippen LogP) is 0.952. The van der Waals surface area contributed by atoms with Gasteiger partial charge >= 0.3 is 0 Å². The fourth-order valence-corrected chi connectivity index (χ4v) is 1.51. The highest BCUT2D eigenvalue weighted by Gasteiger charge is 2.05. The van der Waals surface area contributed by atoms with Crippen LogP contribution in [0.1, 0.15) is 10.5 Å². The second-order valence-corrected chi connectivity index (χ2v) is 3.59. The number of rotatable bonds is 7. The molecular formula is C9H17Cl2N3O2S. The molecule has 0 aliphatic carbocycles. The van der Waals surface area contributed by atoms with Crippen molar-refractivity contribution in [1.82, 2.24) is 15.6 Å². The van der Waals surface area contributed by atoms with Gasteiger partial charge in [-0.1, -0.05) is 0 Å². The monoisotopic (exact) mass is 301 g/mol. The molecule has 0 aliphatic rings. The van der Waals surface area contributed by atoms with Crippen molar-refractivity contribution in [3.05, 3.63) is 16.6 Å². The van der Waals surface area contributed by atoms with E-state index in [0.29, 0.717) is 18.8 Å². The zero-order valence-electron chi connectivity index (χ0n) is 9.47. The van der Waals surface area contributed by atoms with Crippen LogP contribution >= 0.6 is 36.2 Å². The van der Waals surface area contributed by atoms with Crippen molar-refractivity contribution in [3.8, 4) is 0 Å². The summed E-state index contributed by atoms with van der Waals surface area (Å²) in [4.78, 5) is 15.3. The van der Waals surface area contributed by atoms with Crippen LogP contribution in [-0.2, 0) is 4.74 Å². The number of carbonyl (C=O) groups is 1. The lowest BCUT2D eigenvalue weighted by molar-refractivity contribution is 0.0949. The maximum absolute atomic E-state index is 11.4. The Bertz CT molecular complexity index is 286. The fourth-order valence-electron chi connectivity index (χ4n) is 0.979. The van der Waals surface area contributed by atoms with Gasteiger partial charge in [0, 0.05) is 32.1 Å². The lowest BCUT2D eigenvalue weighted by Gasteiger charge is -2.04. The third-order valence-electron chi connectivity index (χ3n) is 1.74. The van der Waals surface area contributed by atoms with E-state index in [1.165, 1.54) is 11.3 Å². The first kappa shape index (κ1) is 19.0. The van der Waals surface area contributed by atoms with Gasteiger partial charge in [0.05, 0.1) is 12.1 Å². The first-order valence-electron chi connectivity index (χ1n) is 4.70. The van der Waals surface area contributed by atoms with Gasteiger partial charge in [-0.15, -0.1) is 36.2 Å². The van der Waals surface area contributed by atoms with Crippen molar-refractivity contribution in [3.63, 3.8) is 0 Å². The maximum Gasteiger partial charge on any atom is 0.270 e. The zero-order valence-corrected chi connectivity index (χ0v) is 11.9. The molecule has 1 heterocycles. The third-order valence-corrected chi connectivity index (χ3v) is 2.32. The number of nitrogens with zero attached hydrogens (tertiary/aromatic N) is 1. The van der Waals surface area contributed by atoms with Crippen LogP contribution in [0.25, 0.3) is 0 Å². The van der Waals surface area contributed by atoms with Crippen LogP contribution in [0, 0.1) is 0 Å². The average Bonchev–Trinajstić information content (AvgIpc) is 2.76. The number of carbonyl (C=O) groups excluding carboxylic acids is 1. The Morgan fingerprint density at radius 3 is 2.76 bits per heavy atom. The van der Waals surface area contributed by atoms with Crippen molar-refractivity contribution >= 4 is 42.1 Å². The summed E-state index contributed by atoms with van der Waals surface area (Å²) in [5.41, 5.74) is 2.13. The van der Waals surface area contributed by atoms with E-state index in [-0.39, 0.29) is 30.7 Å². The van der Waals surface area contributed by atoms with Gasteiger partial charge in [0.2, 0.25) is 0 Å². The molecule has 8 heteroatoms. The van der Waals surface area contributed by atoms with Crippen LogP contribution in [0.3, 0.4) is 0 Å². The Morgan fingerprint density at radius 2 is 2.18 bits per heavy atom. The molecule has 0 radical (unpaired) electrons. The first-order chi connectivity index (χ1) is 7.34. The Kier molecular flexibility index (Phi) is 13.5. The number of ether oxygens (including phenoxy) is 1. The number of aromatic nitrogens is 1. The van der Waals surface area contributed by atoms with Gasteiger partial charge < -0.3 is 15.4 Å². The summed E-state index contributed by atoms with van der Waals surface area (Å²) in [6, 6.07) is 0. The number of halogens is 2. The largest absolute Gasteiger partial charge is 0.383 e. The summed E-state index contributed by atoms with van der Waals surface area (Å²) in [5, 5.41) is 7.62. The molecule has 2 N–H and O–H groups in total. The first-order valence-corrected chi connectivity index (χ1v) is 5.65. The van der Waals surface area contributed by atoms with Crippen LogP contribution in [0.2, 0.25) is 0 Å². The van der Waals surface area contributed by atoms with Crippen molar-refractivity contribution < 1.29 is 9.53 Å². The maximum atomic E-state index is 11.4. The van der Waals surface area contributed by atoms with Gasteiger partial charge in [-0.25, -0.2) is 4.98 Å². The summed E-state index contributed by atoms with van der Waals surface area (Å²) in [6.07, 6.45) is 0. The smallest absolute Gasteiger partial charge is 0.270 e. The van der Waals surface area contributed by atoms with Gasteiger partial charge in [-0.3, -0.25) is 4.79 Å². The Morgan fingerprint density at radius 1 is 1.41 bits per heavy atom. The molecule has 1 aromatic heterocycles. The Labute approximate surface area is 117 Å². The van der Waals surface area contributed by atoms with Crippen molar-refractivity contribution in [2.24, 2.45) is 0 Å². The van der Waals surface area contributed by atoms with Gasteiger partial charge in [-0.2, -0.15) is 0 Å². The molecule has 100 valence electrons. The standard InChI is InChI=1S/C9H15N3O2S.2ClH/c1-14-5-4-10-2-3-11-9(13)8-6-15-7-12-8;;/h6-7,10H,2-5H2,1H3,(H,11,13);2*1H. The van der Waals surface area contributed by atoms with Crippen LogP contribution in [-0.4, -0.2) is 44.2 Å². The second-order valence-electron chi connectivity index (χ2n) is 2.87. The van der Waals surface area contributed by atoms with Crippen molar-refractivity contribution in [2.75, 3.05) is 33.4 Å². The minimum atomic E-state index is -0.121. The van der Waals surface area contributed by atoms with Gasteiger partial charge in [0.1, 0.15) is 5.69 Å². The second kappa shape index (κ2) is 12.1. The minimum Gasteiger partial charge on any atom is -0.383 e. The van der Waals surface area contributed by atoms with Crippen molar-refractivity contribution in [2.45, 2.75) is 0 Å². The highest BCUT2D eigenvalue weighted by atomic mass is 35.5. The fraction of sp³-hybridized carbons (Fsp3) is 0.556. The Hall–Kier alpha value is -0.400. The molecule has 1 amide bonds. The van der Waals surface area contributed by atoms with Gasteiger partial charge in [0.25, 0.3) is 5.91 Å². The Balaban J connectivity index is 0. The summed E-state index contributed by atoms with van der Waals surface area (Å²) < 4.78 is 4.87. The molecule has 0 aliphatic heterocycles. The van der Waals surface area contributed by atoms with Crippen LogP contribution in [0.4, 0.5) is 0 Å². The molecule has 0 fully saturated rings. The number of hydrogen-bond acceptors (Lipinski definition) is 5. The van der Waals surface area contributed by atoms with Crippen LogP contribution in [0.5, 0.6) is 0 Å². The highest BCUT2D eigenvalue weighted by Crippen LogP contribution is 1.99. The van der Waals surface area contributed by atoms with E-state index in [0.717, 1.165) is 13.1 Å². The predicted molar refractivity (Wildman–Crippen MR) is 73.7 cm³/mol. The molecule has 0 spiro atoms. The number of amides is 1. The molecule has 0 atom stereocenters.